The lowest BCUT2D eigenvalue weighted by Gasteiger charge is -2.25. The second-order valence-corrected chi connectivity index (χ2v) is 6.34. The highest BCUT2D eigenvalue weighted by Crippen LogP contribution is 2.49. The number of fused-ring (bicyclic) bond motifs is 2. The highest BCUT2D eigenvalue weighted by atomic mass is 16.5. The molecule has 4 heteroatoms. The molecule has 0 saturated heterocycles. The van der Waals surface area contributed by atoms with Crippen LogP contribution in [0.2, 0.25) is 0 Å². The molecule has 0 aromatic rings. The molecule has 0 aliphatic heterocycles. The first-order valence-electron chi connectivity index (χ1n) is 7.33. The van der Waals surface area contributed by atoms with Gasteiger partial charge in [-0.05, 0) is 37.0 Å². The van der Waals surface area contributed by atoms with Crippen molar-refractivity contribution in [2.45, 2.75) is 39.0 Å². The van der Waals surface area contributed by atoms with Crippen molar-refractivity contribution in [2.24, 2.45) is 23.7 Å². The van der Waals surface area contributed by atoms with Gasteiger partial charge in [0.05, 0.1) is 13.0 Å². The van der Waals surface area contributed by atoms with E-state index in [1.807, 2.05) is 0 Å². The number of carbonyl (C=O) groups is 2. The molecule has 2 saturated carbocycles. The van der Waals surface area contributed by atoms with E-state index in [9.17, 15) is 9.59 Å². The molecular formula is C15H25NO3. The Labute approximate surface area is 115 Å². The van der Waals surface area contributed by atoms with Crippen molar-refractivity contribution in [3.63, 3.8) is 0 Å². The van der Waals surface area contributed by atoms with Crippen LogP contribution in [0.4, 0.5) is 0 Å². The molecule has 0 aromatic heterocycles. The van der Waals surface area contributed by atoms with Gasteiger partial charge in [0.1, 0.15) is 0 Å². The van der Waals surface area contributed by atoms with Gasteiger partial charge in [0.25, 0.3) is 0 Å². The molecule has 2 rings (SSSR count). The second kappa shape index (κ2) is 5.93. The minimum absolute atomic E-state index is 0.174. The molecule has 0 spiro atoms. The van der Waals surface area contributed by atoms with Gasteiger partial charge in [0.2, 0.25) is 5.91 Å². The van der Waals surface area contributed by atoms with E-state index in [1.54, 1.807) is 18.9 Å². The fourth-order valence-electron chi connectivity index (χ4n) is 3.79. The number of hydrogen-bond acceptors (Lipinski definition) is 3. The molecule has 0 N–H and O–H groups in total. The van der Waals surface area contributed by atoms with Crippen LogP contribution in [0.15, 0.2) is 0 Å². The van der Waals surface area contributed by atoms with Gasteiger partial charge in [-0.25, -0.2) is 0 Å². The highest BCUT2D eigenvalue weighted by molar-refractivity contribution is 5.78. The van der Waals surface area contributed by atoms with E-state index in [1.165, 1.54) is 32.8 Å². The van der Waals surface area contributed by atoms with Gasteiger partial charge < -0.3 is 9.64 Å². The Bertz CT molecular complexity index is 355. The third-order valence-electron chi connectivity index (χ3n) is 4.90. The van der Waals surface area contributed by atoms with Crippen molar-refractivity contribution in [3.05, 3.63) is 0 Å². The smallest absolute Gasteiger partial charge is 0.310 e. The number of esters is 1. The Morgan fingerprint density at radius 1 is 1.32 bits per heavy atom. The largest absolute Gasteiger partial charge is 0.469 e. The number of rotatable bonds is 5. The minimum Gasteiger partial charge on any atom is -0.469 e. The number of amides is 1. The molecule has 4 nitrogen and oxygen atoms in total. The molecule has 4 atom stereocenters. The molecule has 2 bridgehead atoms. The first-order chi connectivity index (χ1) is 9.01. The van der Waals surface area contributed by atoms with Gasteiger partial charge in [-0.1, -0.05) is 13.3 Å². The normalized spacial score (nSPS) is 30.2. The molecule has 2 aliphatic carbocycles. The SMILES string of the molecule is COC(=O)C(C)CN(C)C(=O)CC1CC2CCC1C2. The Hall–Kier alpha value is -1.06. The standard InChI is InChI=1S/C15H25NO3/c1-10(15(18)19-3)9-16(2)14(17)8-13-7-11-4-5-12(13)6-11/h10-13H,4-9H2,1-3H3. The fourth-order valence-corrected chi connectivity index (χ4v) is 3.79. The topological polar surface area (TPSA) is 46.6 Å². The Kier molecular flexibility index (Phi) is 4.48. The molecule has 2 fully saturated rings. The second-order valence-electron chi connectivity index (χ2n) is 6.34. The summed E-state index contributed by atoms with van der Waals surface area (Å²) in [5.74, 6) is 1.91. The van der Waals surface area contributed by atoms with Crippen LogP contribution in [-0.4, -0.2) is 37.5 Å². The molecule has 1 amide bonds. The van der Waals surface area contributed by atoms with Crippen LogP contribution in [0.5, 0.6) is 0 Å². The Balaban J connectivity index is 1.78. The predicted octanol–water partition coefficient (Wildman–Crippen LogP) is 2.08. The van der Waals surface area contributed by atoms with Crippen molar-refractivity contribution in [2.75, 3.05) is 20.7 Å². The molecular weight excluding hydrogens is 242 g/mol. The third-order valence-corrected chi connectivity index (χ3v) is 4.90. The van der Waals surface area contributed by atoms with E-state index in [2.05, 4.69) is 4.74 Å². The van der Waals surface area contributed by atoms with Crippen molar-refractivity contribution in [3.8, 4) is 0 Å². The molecule has 4 unspecified atom stereocenters. The highest BCUT2D eigenvalue weighted by Gasteiger charge is 2.40. The zero-order valence-electron chi connectivity index (χ0n) is 12.2. The Morgan fingerprint density at radius 2 is 2.05 bits per heavy atom. The first kappa shape index (κ1) is 14.4. The predicted molar refractivity (Wildman–Crippen MR) is 72.4 cm³/mol. The molecule has 19 heavy (non-hydrogen) atoms. The molecule has 0 aromatic carbocycles. The fraction of sp³-hybridized carbons (Fsp3) is 0.867. The van der Waals surface area contributed by atoms with Crippen molar-refractivity contribution >= 4 is 11.9 Å². The average Bonchev–Trinajstić information content (AvgIpc) is 2.99. The number of hydrogen-bond donors (Lipinski definition) is 0. The number of nitrogens with zero attached hydrogens (tertiary/aromatic N) is 1. The van der Waals surface area contributed by atoms with Crippen molar-refractivity contribution in [1.29, 1.82) is 0 Å². The molecule has 108 valence electrons. The van der Waals surface area contributed by atoms with E-state index in [0.29, 0.717) is 18.9 Å². The quantitative estimate of drug-likeness (QED) is 0.716. The van der Waals surface area contributed by atoms with Crippen LogP contribution in [0, 0.1) is 23.7 Å². The van der Waals surface area contributed by atoms with Gasteiger partial charge in [-0.15, -0.1) is 0 Å². The van der Waals surface area contributed by atoms with Gasteiger partial charge >= 0.3 is 5.97 Å². The van der Waals surface area contributed by atoms with Gasteiger partial charge in [0, 0.05) is 20.0 Å². The van der Waals surface area contributed by atoms with Crippen LogP contribution >= 0.6 is 0 Å². The maximum absolute atomic E-state index is 12.2. The van der Waals surface area contributed by atoms with E-state index in [-0.39, 0.29) is 17.8 Å². The monoisotopic (exact) mass is 267 g/mol. The molecule has 2 aliphatic rings. The summed E-state index contributed by atoms with van der Waals surface area (Å²) in [4.78, 5) is 25.2. The summed E-state index contributed by atoms with van der Waals surface area (Å²) < 4.78 is 4.69. The number of ether oxygens (including phenoxy) is 1. The zero-order valence-corrected chi connectivity index (χ0v) is 12.2. The van der Waals surface area contributed by atoms with E-state index >= 15 is 0 Å². The number of carbonyl (C=O) groups excluding carboxylic acids is 2. The first-order valence-corrected chi connectivity index (χ1v) is 7.33. The van der Waals surface area contributed by atoms with Crippen LogP contribution in [0.25, 0.3) is 0 Å². The average molecular weight is 267 g/mol. The van der Waals surface area contributed by atoms with Gasteiger partial charge in [0.15, 0.2) is 0 Å². The maximum atomic E-state index is 12.2. The maximum Gasteiger partial charge on any atom is 0.310 e. The number of methoxy groups -OCH3 is 1. The summed E-state index contributed by atoms with van der Waals surface area (Å²) in [5.41, 5.74) is 0. The molecule has 0 heterocycles. The summed E-state index contributed by atoms with van der Waals surface area (Å²) in [6.45, 7) is 2.25. The van der Waals surface area contributed by atoms with Gasteiger partial charge in [-0.2, -0.15) is 0 Å². The lowest BCUT2D eigenvalue weighted by atomic mass is 9.86. The van der Waals surface area contributed by atoms with Crippen LogP contribution in [0.1, 0.15) is 39.0 Å². The van der Waals surface area contributed by atoms with E-state index < -0.39 is 0 Å². The summed E-state index contributed by atoms with van der Waals surface area (Å²) in [6, 6.07) is 0. The van der Waals surface area contributed by atoms with Crippen molar-refractivity contribution < 1.29 is 14.3 Å². The van der Waals surface area contributed by atoms with Crippen LogP contribution in [0.3, 0.4) is 0 Å². The van der Waals surface area contributed by atoms with Crippen molar-refractivity contribution in [1.82, 2.24) is 4.90 Å². The van der Waals surface area contributed by atoms with Crippen LogP contribution < -0.4 is 0 Å². The molecule has 0 radical (unpaired) electrons. The summed E-state index contributed by atoms with van der Waals surface area (Å²) in [7, 11) is 3.17. The lowest BCUT2D eigenvalue weighted by Crippen LogP contribution is -2.35. The van der Waals surface area contributed by atoms with E-state index in [0.717, 1.165) is 11.8 Å². The summed E-state index contributed by atoms with van der Waals surface area (Å²) >= 11 is 0. The lowest BCUT2D eigenvalue weighted by molar-refractivity contribution is -0.146. The Morgan fingerprint density at radius 3 is 2.58 bits per heavy atom. The summed E-state index contributed by atoms with van der Waals surface area (Å²) in [5, 5.41) is 0. The zero-order chi connectivity index (χ0) is 14.0. The van der Waals surface area contributed by atoms with E-state index in [4.69, 9.17) is 0 Å². The van der Waals surface area contributed by atoms with Crippen LogP contribution in [-0.2, 0) is 14.3 Å². The van der Waals surface area contributed by atoms with Gasteiger partial charge in [-0.3, -0.25) is 9.59 Å². The summed E-state index contributed by atoms with van der Waals surface area (Å²) in [6.07, 6.45) is 5.90. The minimum atomic E-state index is -0.251. The third kappa shape index (κ3) is 3.28.